The van der Waals surface area contributed by atoms with Gasteiger partial charge in [-0.15, -0.1) is 11.3 Å². The highest BCUT2D eigenvalue weighted by Gasteiger charge is 2.21. The molecule has 3 N–H and O–H groups in total. The van der Waals surface area contributed by atoms with E-state index in [9.17, 15) is 21.6 Å². The minimum absolute atomic E-state index is 0.00984. The van der Waals surface area contributed by atoms with Crippen LogP contribution >= 0.6 is 11.3 Å². The Morgan fingerprint density at radius 1 is 1.35 bits per heavy atom. The molecule has 1 aromatic rings. The minimum Gasteiger partial charge on any atom is -0.351 e. The molecule has 0 saturated carbocycles. The van der Waals surface area contributed by atoms with E-state index in [1.165, 1.54) is 19.2 Å². The van der Waals surface area contributed by atoms with Crippen LogP contribution in [0.3, 0.4) is 0 Å². The maximum absolute atomic E-state index is 11.8. The molecule has 1 heterocycles. The van der Waals surface area contributed by atoms with E-state index in [-0.39, 0.29) is 33.4 Å². The Labute approximate surface area is 122 Å². The number of carbonyl (C=O) groups is 1. The number of nitrogens with one attached hydrogen (secondary N) is 1. The Morgan fingerprint density at radius 2 is 1.95 bits per heavy atom. The van der Waals surface area contributed by atoms with Gasteiger partial charge in [-0.25, -0.2) is 22.0 Å². The summed E-state index contributed by atoms with van der Waals surface area (Å²) in [6.07, 6.45) is 0. The summed E-state index contributed by atoms with van der Waals surface area (Å²) in [6.45, 7) is 2.99. The molecule has 0 atom stereocenters. The van der Waals surface area contributed by atoms with Crippen molar-refractivity contribution in [2.75, 3.05) is 18.1 Å². The van der Waals surface area contributed by atoms with Gasteiger partial charge in [0.15, 0.2) is 9.84 Å². The van der Waals surface area contributed by atoms with Gasteiger partial charge in [0.05, 0.1) is 11.3 Å². The van der Waals surface area contributed by atoms with Crippen LogP contribution in [0.25, 0.3) is 0 Å². The van der Waals surface area contributed by atoms with Crippen LogP contribution in [0.2, 0.25) is 0 Å². The fourth-order valence-corrected chi connectivity index (χ4v) is 4.18. The summed E-state index contributed by atoms with van der Waals surface area (Å²) in [5.41, 5.74) is 0.460. The number of amides is 1. The zero-order chi connectivity index (χ0) is 15.6. The quantitative estimate of drug-likeness (QED) is 0.746. The third-order valence-electron chi connectivity index (χ3n) is 2.64. The molecule has 0 unspecified atom stereocenters. The molecule has 114 valence electrons. The lowest BCUT2D eigenvalue weighted by Crippen LogP contribution is -2.29. The van der Waals surface area contributed by atoms with Crippen molar-refractivity contribution < 1.29 is 21.6 Å². The van der Waals surface area contributed by atoms with Gasteiger partial charge in [-0.05, 0) is 12.5 Å². The molecule has 0 aliphatic rings. The summed E-state index contributed by atoms with van der Waals surface area (Å²) >= 11 is 0.863. The minimum atomic E-state index is -3.85. The molecule has 0 spiro atoms. The molecule has 7 nitrogen and oxygen atoms in total. The summed E-state index contributed by atoms with van der Waals surface area (Å²) in [7, 11) is -7.00. The number of thiophene rings is 1. The first-order valence-corrected chi connectivity index (χ1v) is 9.92. The lowest BCUT2D eigenvalue weighted by atomic mass is 10.2. The number of sulfone groups is 1. The van der Waals surface area contributed by atoms with E-state index in [2.05, 4.69) is 5.32 Å². The predicted molar refractivity (Wildman–Crippen MR) is 77.1 cm³/mol. The van der Waals surface area contributed by atoms with Gasteiger partial charge in [-0.3, -0.25) is 4.79 Å². The zero-order valence-corrected chi connectivity index (χ0v) is 13.5. The number of rotatable bonds is 6. The van der Waals surface area contributed by atoms with E-state index in [4.69, 9.17) is 5.14 Å². The normalized spacial score (nSPS) is 12.3. The summed E-state index contributed by atoms with van der Waals surface area (Å²) in [5, 5.41) is 8.85. The van der Waals surface area contributed by atoms with Crippen LogP contribution in [-0.2, 0) is 19.9 Å². The Kier molecular flexibility index (Phi) is 5.30. The molecule has 0 saturated heterocycles. The molecule has 0 aliphatic heterocycles. The Hall–Kier alpha value is -0.970. The lowest BCUT2D eigenvalue weighted by molar-refractivity contribution is 0.0956. The van der Waals surface area contributed by atoms with Gasteiger partial charge < -0.3 is 5.32 Å². The number of primary sulfonamides is 1. The average molecular weight is 340 g/mol. The number of hydrogen-bond acceptors (Lipinski definition) is 6. The third-order valence-corrected chi connectivity index (χ3v) is 7.02. The highest BCUT2D eigenvalue weighted by atomic mass is 32.2. The van der Waals surface area contributed by atoms with E-state index in [1.807, 2.05) is 0 Å². The predicted octanol–water partition coefficient (Wildman–Crippen LogP) is -0.132. The fraction of sp³-hybridized carbons (Fsp3) is 0.500. The fourth-order valence-electron chi connectivity index (χ4n) is 1.46. The molecule has 1 amide bonds. The van der Waals surface area contributed by atoms with Gasteiger partial charge in [-0.2, -0.15) is 0 Å². The van der Waals surface area contributed by atoms with E-state index in [1.54, 1.807) is 0 Å². The van der Waals surface area contributed by atoms with Gasteiger partial charge in [0.2, 0.25) is 10.0 Å². The summed E-state index contributed by atoms with van der Waals surface area (Å²) in [6, 6.07) is 0. The molecule has 0 radical (unpaired) electrons. The molecule has 10 heteroatoms. The van der Waals surface area contributed by atoms with Gasteiger partial charge in [-0.1, -0.05) is 6.92 Å². The van der Waals surface area contributed by atoms with Crippen LogP contribution in [0.15, 0.2) is 9.59 Å². The Morgan fingerprint density at radius 3 is 2.40 bits per heavy atom. The SMILES string of the molecule is CCS(=O)(=O)CCNC(=O)c1csc(S(N)(=O)=O)c1C. The Bertz CT molecular complexity index is 703. The van der Waals surface area contributed by atoms with Crippen LogP contribution in [0.1, 0.15) is 22.8 Å². The van der Waals surface area contributed by atoms with Crippen molar-refractivity contribution in [1.82, 2.24) is 5.32 Å². The van der Waals surface area contributed by atoms with E-state index >= 15 is 0 Å². The number of sulfonamides is 1. The zero-order valence-electron chi connectivity index (χ0n) is 11.0. The molecular formula is C10H16N2O5S3. The molecule has 1 rings (SSSR count). The molecular weight excluding hydrogens is 324 g/mol. The molecule has 20 heavy (non-hydrogen) atoms. The smallest absolute Gasteiger partial charge is 0.252 e. The standard InChI is InChI=1S/C10H16N2O5S3/c1-3-19(14,15)5-4-12-9(13)8-6-18-10(7(8)2)20(11,16)17/h6H,3-5H2,1-2H3,(H,12,13)(H2,11,16,17). The molecule has 0 aliphatic carbocycles. The first kappa shape index (κ1) is 17.1. The van der Waals surface area contributed by atoms with Crippen molar-refractivity contribution in [3.05, 3.63) is 16.5 Å². The second-order valence-electron chi connectivity index (χ2n) is 4.10. The van der Waals surface area contributed by atoms with Gasteiger partial charge in [0, 0.05) is 17.7 Å². The lowest BCUT2D eigenvalue weighted by Gasteiger charge is -2.05. The molecule has 0 bridgehead atoms. The third kappa shape index (κ3) is 4.27. The summed E-state index contributed by atoms with van der Waals surface area (Å²) < 4.78 is 45.0. The summed E-state index contributed by atoms with van der Waals surface area (Å²) in [4.78, 5) is 11.8. The monoisotopic (exact) mass is 340 g/mol. The van der Waals surface area contributed by atoms with Crippen LogP contribution in [0, 0.1) is 6.92 Å². The highest BCUT2D eigenvalue weighted by Crippen LogP contribution is 2.25. The first-order chi connectivity index (χ1) is 9.08. The largest absolute Gasteiger partial charge is 0.351 e. The summed E-state index contributed by atoms with van der Waals surface area (Å²) in [5.74, 6) is -0.656. The van der Waals surface area contributed by atoms with Crippen molar-refractivity contribution in [3.8, 4) is 0 Å². The van der Waals surface area contributed by atoms with Gasteiger partial charge in [0.1, 0.15) is 4.21 Å². The highest BCUT2D eigenvalue weighted by molar-refractivity contribution is 7.91. The first-order valence-electron chi connectivity index (χ1n) is 5.68. The second-order valence-corrected chi connectivity index (χ2v) is 9.21. The van der Waals surface area contributed by atoms with Crippen LogP contribution < -0.4 is 10.5 Å². The van der Waals surface area contributed by atoms with Crippen molar-refractivity contribution in [2.24, 2.45) is 5.14 Å². The van der Waals surface area contributed by atoms with Crippen molar-refractivity contribution in [3.63, 3.8) is 0 Å². The van der Waals surface area contributed by atoms with Crippen LogP contribution in [0.5, 0.6) is 0 Å². The van der Waals surface area contributed by atoms with E-state index in [0.29, 0.717) is 0 Å². The Balaban J connectivity index is 2.78. The topological polar surface area (TPSA) is 123 Å². The second kappa shape index (κ2) is 6.20. The van der Waals surface area contributed by atoms with E-state index < -0.39 is 25.8 Å². The molecule has 0 fully saturated rings. The van der Waals surface area contributed by atoms with Crippen LogP contribution in [0.4, 0.5) is 0 Å². The average Bonchev–Trinajstić information content (AvgIpc) is 2.70. The van der Waals surface area contributed by atoms with Crippen molar-refractivity contribution in [1.29, 1.82) is 0 Å². The maximum Gasteiger partial charge on any atom is 0.252 e. The van der Waals surface area contributed by atoms with E-state index in [0.717, 1.165) is 11.3 Å². The van der Waals surface area contributed by atoms with Crippen molar-refractivity contribution >= 4 is 37.1 Å². The van der Waals surface area contributed by atoms with Crippen LogP contribution in [-0.4, -0.2) is 40.8 Å². The van der Waals surface area contributed by atoms with Gasteiger partial charge >= 0.3 is 0 Å². The number of carbonyl (C=O) groups excluding carboxylic acids is 1. The molecule has 1 aromatic heterocycles. The van der Waals surface area contributed by atoms with Crippen molar-refractivity contribution in [2.45, 2.75) is 18.1 Å². The van der Waals surface area contributed by atoms with Gasteiger partial charge in [0.25, 0.3) is 5.91 Å². The molecule has 0 aromatic carbocycles. The number of nitrogens with two attached hydrogens (primary N) is 1. The number of hydrogen-bond donors (Lipinski definition) is 2. The maximum atomic E-state index is 11.8.